The van der Waals surface area contributed by atoms with E-state index in [1.54, 1.807) is 12.1 Å². The molecule has 0 fully saturated rings. The van der Waals surface area contributed by atoms with E-state index in [-0.39, 0.29) is 47.4 Å². The summed E-state index contributed by atoms with van der Waals surface area (Å²) >= 11 is 0. The zero-order chi connectivity index (χ0) is 21.8. The fourth-order valence-electron chi connectivity index (χ4n) is 2.77. The molecule has 0 aliphatic heterocycles. The minimum atomic E-state index is -3.16. The molecule has 1 atom stereocenters. The van der Waals surface area contributed by atoms with Gasteiger partial charge in [0.1, 0.15) is 17.7 Å². The van der Waals surface area contributed by atoms with E-state index < -0.39 is 9.84 Å². The Morgan fingerprint density at radius 1 is 1.13 bits per heavy atom. The number of ether oxygens (including phenoxy) is 1. The van der Waals surface area contributed by atoms with Crippen molar-refractivity contribution in [2.75, 3.05) is 25.4 Å². The molecule has 0 radical (unpaired) electrons. The summed E-state index contributed by atoms with van der Waals surface area (Å²) in [6, 6.07) is 15.2. The van der Waals surface area contributed by atoms with Gasteiger partial charge in [-0.2, -0.15) is 0 Å². The third-order valence-electron chi connectivity index (χ3n) is 4.14. The molecular formula is C22H31FIN3O3S. The van der Waals surface area contributed by atoms with Gasteiger partial charge in [0.15, 0.2) is 15.8 Å². The van der Waals surface area contributed by atoms with Gasteiger partial charge >= 0.3 is 0 Å². The van der Waals surface area contributed by atoms with Gasteiger partial charge < -0.3 is 15.4 Å². The first kappa shape index (κ1) is 27.2. The van der Waals surface area contributed by atoms with E-state index in [0.29, 0.717) is 37.8 Å². The van der Waals surface area contributed by atoms with Gasteiger partial charge in [-0.25, -0.2) is 17.8 Å². The van der Waals surface area contributed by atoms with Crippen molar-refractivity contribution in [3.8, 4) is 5.75 Å². The molecule has 2 N–H and O–H groups in total. The fourth-order valence-corrected chi connectivity index (χ4v) is 4.20. The van der Waals surface area contributed by atoms with Crippen LogP contribution in [0.15, 0.2) is 59.6 Å². The maximum Gasteiger partial charge on any atom is 0.191 e. The van der Waals surface area contributed by atoms with Gasteiger partial charge in [-0.05, 0) is 38.0 Å². The molecule has 0 aliphatic rings. The molecule has 9 heteroatoms. The molecule has 1 unspecified atom stereocenters. The highest BCUT2D eigenvalue weighted by Gasteiger charge is 2.12. The van der Waals surface area contributed by atoms with Gasteiger partial charge in [0.25, 0.3) is 0 Å². The third kappa shape index (κ3) is 11.3. The van der Waals surface area contributed by atoms with Crippen LogP contribution < -0.4 is 15.4 Å². The van der Waals surface area contributed by atoms with E-state index in [0.717, 1.165) is 5.56 Å². The van der Waals surface area contributed by atoms with Crippen molar-refractivity contribution < 1.29 is 17.5 Å². The van der Waals surface area contributed by atoms with Crippen molar-refractivity contribution in [2.45, 2.75) is 32.1 Å². The number of nitrogens with one attached hydrogen (secondary N) is 2. The highest BCUT2D eigenvalue weighted by molar-refractivity contribution is 14.0. The first-order valence-corrected chi connectivity index (χ1v) is 11.9. The number of rotatable bonds is 11. The first-order valence-electron chi connectivity index (χ1n) is 10.1. The number of hydrogen-bond donors (Lipinski definition) is 2. The topological polar surface area (TPSA) is 79.8 Å². The summed E-state index contributed by atoms with van der Waals surface area (Å²) in [6.07, 6.45) is 0.239. The molecular weight excluding hydrogens is 532 g/mol. The summed E-state index contributed by atoms with van der Waals surface area (Å²) in [5.74, 6) is 0.858. The standard InChI is InChI=1S/C22H30FN3O3S.HI/c1-3-24-22(26-16-18(2)29-21-12-7-11-20(23)15-21)25-13-8-14-30(27,28)17-19-9-5-4-6-10-19;/h4-7,9-12,15,18H,3,8,13-14,16-17H2,1-2H3,(H2,24,25,26);1H. The van der Waals surface area contributed by atoms with Crippen LogP contribution in [0.3, 0.4) is 0 Å². The number of aliphatic imine (C=N–C) groups is 1. The lowest BCUT2D eigenvalue weighted by Gasteiger charge is -2.15. The first-order chi connectivity index (χ1) is 14.4. The second-order valence-electron chi connectivity index (χ2n) is 6.96. The van der Waals surface area contributed by atoms with Gasteiger partial charge in [-0.1, -0.05) is 36.4 Å². The van der Waals surface area contributed by atoms with E-state index in [1.165, 1.54) is 12.1 Å². The second kappa shape index (κ2) is 14.2. The Labute approximate surface area is 201 Å². The quantitative estimate of drug-likeness (QED) is 0.188. The van der Waals surface area contributed by atoms with Gasteiger partial charge in [0, 0.05) is 19.2 Å². The van der Waals surface area contributed by atoms with E-state index in [9.17, 15) is 12.8 Å². The molecule has 2 aromatic carbocycles. The Morgan fingerprint density at radius 3 is 2.55 bits per heavy atom. The number of benzene rings is 2. The molecule has 0 spiro atoms. The molecule has 0 aliphatic carbocycles. The molecule has 0 amide bonds. The fraction of sp³-hybridized carbons (Fsp3) is 0.409. The average molecular weight is 563 g/mol. The Bertz CT molecular complexity index is 911. The van der Waals surface area contributed by atoms with Crippen molar-refractivity contribution in [1.82, 2.24) is 10.6 Å². The average Bonchev–Trinajstić information content (AvgIpc) is 2.69. The summed E-state index contributed by atoms with van der Waals surface area (Å²) in [5, 5.41) is 6.27. The highest BCUT2D eigenvalue weighted by atomic mass is 127. The van der Waals surface area contributed by atoms with Crippen molar-refractivity contribution in [1.29, 1.82) is 0 Å². The third-order valence-corrected chi connectivity index (χ3v) is 5.82. The van der Waals surface area contributed by atoms with E-state index >= 15 is 0 Å². The highest BCUT2D eigenvalue weighted by Crippen LogP contribution is 2.13. The number of guanidine groups is 1. The van der Waals surface area contributed by atoms with Gasteiger partial charge in [-0.3, -0.25) is 0 Å². The Kier molecular flexibility index (Phi) is 12.5. The molecule has 0 bridgehead atoms. The van der Waals surface area contributed by atoms with Crippen LogP contribution in [-0.4, -0.2) is 45.9 Å². The number of nitrogens with zero attached hydrogens (tertiary/aromatic N) is 1. The summed E-state index contributed by atoms with van der Waals surface area (Å²) < 4.78 is 43.4. The number of sulfone groups is 1. The Hall–Kier alpha value is -1.88. The zero-order valence-corrected chi connectivity index (χ0v) is 21.0. The molecule has 0 saturated carbocycles. The summed E-state index contributed by atoms with van der Waals surface area (Å²) in [7, 11) is -3.16. The van der Waals surface area contributed by atoms with Gasteiger partial charge in [-0.15, -0.1) is 24.0 Å². The lowest BCUT2D eigenvalue weighted by atomic mass is 10.2. The van der Waals surface area contributed by atoms with Crippen molar-refractivity contribution >= 4 is 39.8 Å². The molecule has 0 heterocycles. The van der Waals surface area contributed by atoms with Crippen LogP contribution in [0.2, 0.25) is 0 Å². The smallest absolute Gasteiger partial charge is 0.191 e. The van der Waals surface area contributed by atoms with Gasteiger partial charge in [0.05, 0.1) is 18.1 Å². The molecule has 0 saturated heterocycles. The Morgan fingerprint density at radius 2 is 1.87 bits per heavy atom. The number of hydrogen-bond acceptors (Lipinski definition) is 4. The van der Waals surface area contributed by atoms with Crippen LogP contribution in [0.25, 0.3) is 0 Å². The normalized spacial score (nSPS) is 12.5. The molecule has 2 rings (SSSR count). The Balaban J connectivity index is 0.00000480. The maximum atomic E-state index is 13.2. The van der Waals surface area contributed by atoms with Crippen molar-refractivity contribution in [3.63, 3.8) is 0 Å². The van der Waals surface area contributed by atoms with Gasteiger partial charge in [0.2, 0.25) is 0 Å². The predicted molar refractivity (Wildman–Crippen MR) is 134 cm³/mol. The van der Waals surface area contributed by atoms with Crippen LogP contribution in [0.5, 0.6) is 5.75 Å². The van der Waals surface area contributed by atoms with Crippen LogP contribution in [0, 0.1) is 5.82 Å². The monoisotopic (exact) mass is 563 g/mol. The summed E-state index contributed by atoms with van der Waals surface area (Å²) in [4.78, 5) is 4.46. The van der Waals surface area contributed by atoms with Crippen LogP contribution in [-0.2, 0) is 15.6 Å². The maximum absolute atomic E-state index is 13.2. The van der Waals surface area contributed by atoms with Crippen molar-refractivity contribution in [3.05, 3.63) is 66.0 Å². The summed E-state index contributed by atoms with van der Waals surface area (Å²) in [6.45, 7) is 5.34. The van der Waals surface area contributed by atoms with E-state index in [2.05, 4.69) is 15.6 Å². The molecule has 2 aromatic rings. The largest absolute Gasteiger partial charge is 0.489 e. The van der Waals surface area contributed by atoms with E-state index in [4.69, 9.17) is 4.74 Å². The zero-order valence-electron chi connectivity index (χ0n) is 17.9. The molecule has 0 aromatic heterocycles. The van der Waals surface area contributed by atoms with Crippen LogP contribution >= 0.6 is 24.0 Å². The predicted octanol–water partition coefficient (Wildman–Crippen LogP) is 3.77. The number of halogens is 2. The van der Waals surface area contributed by atoms with E-state index in [1.807, 2.05) is 44.2 Å². The molecule has 6 nitrogen and oxygen atoms in total. The molecule has 172 valence electrons. The summed E-state index contributed by atoms with van der Waals surface area (Å²) in [5.41, 5.74) is 0.799. The second-order valence-corrected chi connectivity index (χ2v) is 9.15. The lowest BCUT2D eigenvalue weighted by molar-refractivity contribution is 0.229. The van der Waals surface area contributed by atoms with Crippen LogP contribution in [0.1, 0.15) is 25.8 Å². The minimum Gasteiger partial charge on any atom is -0.489 e. The minimum absolute atomic E-state index is 0. The SMILES string of the molecule is CCNC(=NCC(C)Oc1cccc(F)c1)NCCCS(=O)(=O)Cc1ccccc1.I. The molecule has 31 heavy (non-hydrogen) atoms. The van der Waals surface area contributed by atoms with Crippen LogP contribution in [0.4, 0.5) is 4.39 Å². The lowest BCUT2D eigenvalue weighted by Crippen LogP contribution is -2.39. The van der Waals surface area contributed by atoms with Crippen molar-refractivity contribution in [2.24, 2.45) is 4.99 Å².